The van der Waals surface area contributed by atoms with E-state index in [2.05, 4.69) is 33.9 Å². The zero-order chi connectivity index (χ0) is 24.1. The summed E-state index contributed by atoms with van der Waals surface area (Å²) >= 11 is 3.92. The van der Waals surface area contributed by atoms with Gasteiger partial charge in [0.2, 0.25) is 23.6 Å². The fraction of sp³-hybridized carbons (Fsp3) is 0.737. The van der Waals surface area contributed by atoms with E-state index in [1.807, 2.05) is 27.7 Å². The summed E-state index contributed by atoms with van der Waals surface area (Å²) in [4.78, 5) is 60.0. The molecule has 12 heteroatoms. The van der Waals surface area contributed by atoms with E-state index in [1.165, 1.54) is 0 Å². The van der Waals surface area contributed by atoms with Crippen LogP contribution in [0, 0.1) is 11.8 Å². The third kappa shape index (κ3) is 12.2. The topological polar surface area (TPSA) is 180 Å². The first-order valence-electron chi connectivity index (χ1n) is 10.1. The first kappa shape index (κ1) is 28.7. The number of nitrogens with two attached hydrogens (primary N) is 1. The molecule has 0 bridgehead atoms. The lowest BCUT2D eigenvalue weighted by Gasteiger charge is -2.26. The summed E-state index contributed by atoms with van der Waals surface area (Å²) < 4.78 is 0. The van der Waals surface area contributed by atoms with Gasteiger partial charge in [-0.05, 0) is 24.7 Å². The molecule has 0 saturated carbocycles. The van der Waals surface area contributed by atoms with Crippen LogP contribution in [-0.2, 0) is 24.0 Å². The normalized spacial score (nSPS) is 13.8. The quantitative estimate of drug-likeness (QED) is 0.156. The van der Waals surface area contributed by atoms with E-state index in [0.29, 0.717) is 6.42 Å². The highest BCUT2D eigenvalue weighted by Crippen LogP contribution is 2.09. The van der Waals surface area contributed by atoms with Crippen LogP contribution in [0.4, 0.5) is 0 Å². The van der Waals surface area contributed by atoms with Crippen molar-refractivity contribution in [3.8, 4) is 0 Å². The summed E-state index contributed by atoms with van der Waals surface area (Å²) in [7, 11) is 0. The number of amides is 4. The van der Waals surface area contributed by atoms with E-state index in [-0.39, 0.29) is 37.1 Å². The summed E-state index contributed by atoms with van der Waals surface area (Å²) in [5.74, 6) is -3.57. The molecule has 7 N–H and O–H groups in total. The van der Waals surface area contributed by atoms with Crippen molar-refractivity contribution >= 4 is 42.2 Å². The predicted molar refractivity (Wildman–Crippen MR) is 118 cm³/mol. The Kier molecular flexibility index (Phi) is 13.5. The van der Waals surface area contributed by atoms with Crippen LogP contribution >= 0.6 is 12.6 Å². The Morgan fingerprint density at radius 2 is 1.26 bits per heavy atom. The lowest BCUT2D eigenvalue weighted by atomic mass is 10.00. The van der Waals surface area contributed by atoms with Crippen molar-refractivity contribution < 1.29 is 29.1 Å². The molecule has 0 aromatic rings. The third-order valence-corrected chi connectivity index (χ3v) is 4.49. The third-order valence-electron chi connectivity index (χ3n) is 4.13. The van der Waals surface area contributed by atoms with Gasteiger partial charge in [0.1, 0.15) is 18.1 Å². The number of carbonyl (C=O) groups is 5. The van der Waals surface area contributed by atoms with E-state index >= 15 is 0 Å². The van der Waals surface area contributed by atoms with E-state index < -0.39 is 47.7 Å². The van der Waals surface area contributed by atoms with Gasteiger partial charge < -0.3 is 32.1 Å². The Hall–Kier alpha value is -2.34. The molecular formula is C19H35N5O6S. The number of carbonyl (C=O) groups excluding carboxylic acids is 4. The molecule has 11 nitrogen and oxygen atoms in total. The van der Waals surface area contributed by atoms with Gasteiger partial charge in [-0.3, -0.25) is 19.2 Å². The van der Waals surface area contributed by atoms with Crippen LogP contribution in [0.25, 0.3) is 0 Å². The predicted octanol–water partition coefficient (Wildman–Crippen LogP) is -1.38. The van der Waals surface area contributed by atoms with Crippen LogP contribution < -0.4 is 27.0 Å². The first-order chi connectivity index (χ1) is 14.4. The van der Waals surface area contributed by atoms with Crippen molar-refractivity contribution in [2.75, 3.05) is 18.8 Å². The Morgan fingerprint density at radius 1 is 0.806 bits per heavy atom. The van der Waals surface area contributed by atoms with Crippen molar-refractivity contribution in [3.63, 3.8) is 0 Å². The Bertz CT molecular complexity index is 643. The van der Waals surface area contributed by atoms with Crippen molar-refractivity contribution in [1.29, 1.82) is 0 Å². The second-order valence-corrected chi connectivity index (χ2v) is 8.37. The molecule has 31 heavy (non-hydrogen) atoms. The van der Waals surface area contributed by atoms with Crippen LogP contribution in [0.3, 0.4) is 0 Å². The molecular weight excluding hydrogens is 426 g/mol. The molecule has 0 rings (SSSR count). The summed E-state index contributed by atoms with van der Waals surface area (Å²) in [6, 6.07) is -3.12. The van der Waals surface area contributed by atoms with Crippen molar-refractivity contribution in [2.45, 2.75) is 58.7 Å². The molecule has 0 spiro atoms. The smallest absolute Gasteiger partial charge is 0.327 e. The first-order valence-corrected chi connectivity index (χ1v) is 10.7. The average molecular weight is 462 g/mol. The van der Waals surface area contributed by atoms with Crippen LogP contribution in [0.1, 0.15) is 40.5 Å². The largest absolute Gasteiger partial charge is 0.480 e. The zero-order valence-corrected chi connectivity index (χ0v) is 19.3. The van der Waals surface area contributed by atoms with Gasteiger partial charge in [0.25, 0.3) is 0 Å². The van der Waals surface area contributed by atoms with Crippen LogP contribution in [-0.4, -0.2) is 71.7 Å². The highest BCUT2D eigenvalue weighted by atomic mass is 32.1. The maximum absolute atomic E-state index is 12.8. The van der Waals surface area contributed by atoms with E-state index in [9.17, 15) is 24.0 Å². The van der Waals surface area contributed by atoms with Gasteiger partial charge >= 0.3 is 5.97 Å². The number of aliphatic carboxylic acids is 1. The lowest BCUT2D eigenvalue weighted by Crippen LogP contribution is -2.57. The molecule has 0 aliphatic rings. The molecule has 0 fully saturated rings. The molecule has 0 aliphatic heterocycles. The highest BCUT2D eigenvalue weighted by Gasteiger charge is 2.30. The van der Waals surface area contributed by atoms with Crippen LogP contribution in [0.15, 0.2) is 0 Å². The Morgan fingerprint density at radius 3 is 1.65 bits per heavy atom. The molecule has 0 unspecified atom stereocenters. The molecule has 0 heterocycles. The summed E-state index contributed by atoms with van der Waals surface area (Å²) in [6.07, 6.45) is 0.568. The van der Waals surface area contributed by atoms with Gasteiger partial charge in [0.15, 0.2) is 0 Å². The fourth-order valence-corrected chi connectivity index (χ4v) is 2.88. The van der Waals surface area contributed by atoms with E-state index in [4.69, 9.17) is 10.8 Å². The SMILES string of the molecule is CC(C)C[C@H](NC(=O)CNC(=O)CN)C(=O)N[C@@H](CC(C)C)C(=O)N[C@@H](CS)C(=O)O. The minimum atomic E-state index is -1.23. The van der Waals surface area contributed by atoms with Gasteiger partial charge in [-0.2, -0.15) is 12.6 Å². The Labute approximate surface area is 188 Å². The number of rotatable bonds is 14. The molecule has 0 aromatic heterocycles. The van der Waals surface area contributed by atoms with Gasteiger partial charge in [-0.25, -0.2) is 4.79 Å². The second kappa shape index (κ2) is 14.6. The zero-order valence-electron chi connectivity index (χ0n) is 18.4. The average Bonchev–Trinajstić information content (AvgIpc) is 2.67. The molecule has 0 aromatic carbocycles. The van der Waals surface area contributed by atoms with Crippen molar-refractivity contribution in [2.24, 2.45) is 17.6 Å². The summed E-state index contributed by atoms with van der Waals surface area (Å²) in [5.41, 5.74) is 5.17. The monoisotopic (exact) mass is 461 g/mol. The van der Waals surface area contributed by atoms with Gasteiger partial charge in [0, 0.05) is 5.75 Å². The van der Waals surface area contributed by atoms with Gasteiger partial charge in [0.05, 0.1) is 13.1 Å². The number of hydrogen-bond donors (Lipinski definition) is 7. The summed E-state index contributed by atoms with van der Waals surface area (Å²) in [5, 5.41) is 19.0. The van der Waals surface area contributed by atoms with Crippen molar-refractivity contribution in [3.05, 3.63) is 0 Å². The van der Waals surface area contributed by atoms with Gasteiger partial charge in [-0.1, -0.05) is 27.7 Å². The fourth-order valence-electron chi connectivity index (χ4n) is 2.63. The van der Waals surface area contributed by atoms with E-state index in [0.717, 1.165) is 0 Å². The lowest BCUT2D eigenvalue weighted by molar-refractivity contribution is -0.141. The maximum atomic E-state index is 12.8. The van der Waals surface area contributed by atoms with Crippen LogP contribution in [0.2, 0.25) is 0 Å². The molecule has 0 aliphatic carbocycles. The number of carboxylic acid groups (broad SMARTS) is 1. The molecule has 4 amide bonds. The Balaban J connectivity index is 5.29. The molecule has 0 radical (unpaired) electrons. The number of carboxylic acids is 1. The standard InChI is InChI=1S/C19H35N5O6S/c1-10(2)5-12(22-16(26)8-21-15(25)7-20)17(27)23-13(6-11(3)4)18(28)24-14(9-31)19(29)30/h10-14,31H,5-9,20H2,1-4H3,(H,21,25)(H,22,26)(H,23,27)(H,24,28)(H,29,30)/t12-,13-,14-/m0/s1. The van der Waals surface area contributed by atoms with Crippen LogP contribution in [0.5, 0.6) is 0 Å². The van der Waals surface area contributed by atoms with Gasteiger partial charge in [-0.15, -0.1) is 0 Å². The minimum Gasteiger partial charge on any atom is -0.480 e. The minimum absolute atomic E-state index is 0.0277. The number of hydrogen-bond acceptors (Lipinski definition) is 7. The summed E-state index contributed by atoms with van der Waals surface area (Å²) in [6.45, 7) is 6.84. The molecule has 0 saturated heterocycles. The highest BCUT2D eigenvalue weighted by molar-refractivity contribution is 7.80. The van der Waals surface area contributed by atoms with E-state index in [1.54, 1.807) is 0 Å². The number of nitrogens with one attached hydrogen (secondary N) is 4. The van der Waals surface area contributed by atoms with Crippen molar-refractivity contribution in [1.82, 2.24) is 21.3 Å². The molecule has 178 valence electrons. The number of thiol groups is 1. The molecule has 3 atom stereocenters. The maximum Gasteiger partial charge on any atom is 0.327 e. The second-order valence-electron chi connectivity index (χ2n) is 8.00.